The second-order valence-electron chi connectivity index (χ2n) is 9.49. The molecule has 0 spiro atoms. The standard InChI is InChI=1S/C25H33N2O6P/c1-27-17-32-24-4-2-3-23(13-24)31-15-18-5-6-20-12-21(8-7-19(20)11-18)22-9-10-25(26,14-22)16-33-34(28,29)30/h2-4,7-8,12-13,18,22H,1,5-6,9-11,14-17,26H2,(H2,28,29,30)/t18-,22+,25-/m1/s1. The minimum Gasteiger partial charge on any atom is -0.493 e. The van der Waals surface area contributed by atoms with Crippen molar-refractivity contribution < 1.29 is 28.3 Å². The third-order valence-electron chi connectivity index (χ3n) is 6.81. The molecule has 4 N–H and O–H groups in total. The lowest BCUT2D eigenvalue weighted by molar-refractivity contribution is 0.153. The number of hydrogen-bond acceptors (Lipinski definition) is 6. The van der Waals surface area contributed by atoms with Gasteiger partial charge in [-0.15, -0.1) is 0 Å². The van der Waals surface area contributed by atoms with Crippen LogP contribution in [0.3, 0.4) is 0 Å². The van der Waals surface area contributed by atoms with Gasteiger partial charge in [-0.25, -0.2) is 4.57 Å². The van der Waals surface area contributed by atoms with Crippen LogP contribution < -0.4 is 15.2 Å². The highest BCUT2D eigenvalue weighted by molar-refractivity contribution is 7.46. The van der Waals surface area contributed by atoms with E-state index in [2.05, 4.69) is 29.9 Å². The van der Waals surface area contributed by atoms with E-state index in [1.807, 2.05) is 24.3 Å². The Labute approximate surface area is 200 Å². The summed E-state index contributed by atoms with van der Waals surface area (Å²) in [5.74, 6) is 2.23. The smallest absolute Gasteiger partial charge is 0.469 e. The Kier molecular flexibility index (Phi) is 7.75. The van der Waals surface area contributed by atoms with Crippen LogP contribution in [0.15, 0.2) is 47.5 Å². The number of phosphoric acid groups is 1. The van der Waals surface area contributed by atoms with Crippen molar-refractivity contribution in [3.05, 3.63) is 59.2 Å². The maximum atomic E-state index is 11.0. The lowest BCUT2D eigenvalue weighted by Crippen LogP contribution is -2.41. The van der Waals surface area contributed by atoms with Gasteiger partial charge >= 0.3 is 7.82 Å². The number of ether oxygens (including phenoxy) is 2. The fourth-order valence-corrected chi connectivity index (χ4v) is 5.44. The number of nitrogens with zero attached hydrogens (tertiary/aromatic N) is 1. The average molecular weight is 489 g/mol. The van der Waals surface area contributed by atoms with E-state index in [-0.39, 0.29) is 19.3 Å². The normalized spacial score (nSPS) is 24.4. The molecule has 184 valence electrons. The van der Waals surface area contributed by atoms with Crippen LogP contribution in [0.5, 0.6) is 11.5 Å². The number of phosphoric ester groups is 1. The van der Waals surface area contributed by atoms with E-state index in [0.717, 1.165) is 31.4 Å². The molecule has 0 amide bonds. The second-order valence-corrected chi connectivity index (χ2v) is 10.7. The minimum absolute atomic E-state index is 0.124. The predicted molar refractivity (Wildman–Crippen MR) is 130 cm³/mol. The summed E-state index contributed by atoms with van der Waals surface area (Å²) < 4.78 is 27.3. The van der Waals surface area contributed by atoms with Gasteiger partial charge in [-0.05, 0) is 85.9 Å². The third-order valence-corrected chi connectivity index (χ3v) is 7.28. The first kappa shape index (κ1) is 24.9. The Hall–Kier alpha value is -2.22. The molecule has 0 unspecified atom stereocenters. The molecule has 1 fully saturated rings. The highest BCUT2D eigenvalue weighted by Crippen LogP contribution is 2.44. The van der Waals surface area contributed by atoms with E-state index in [1.54, 1.807) is 0 Å². The molecule has 2 aliphatic carbocycles. The van der Waals surface area contributed by atoms with E-state index in [1.165, 1.54) is 16.7 Å². The van der Waals surface area contributed by atoms with Crippen molar-refractivity contribution in [1.29, 1.82) is 0 Å². The van der Waals surface area contributed by atoms with Crippen LogP contribution in [0.2, 0.25) is 0 Å². The van der Waals surface area contributed by atoms with E-state index < -0.39 is 13.4 Å². The van der Waals surface area contributed by atoms with Crippen LogP contribution in [0.1, 0.15) is 48.3 Å². The highest BCUT2D eigenvalue weighted by Gasteiger charge is 2.38. The predicted octanol–water partition coefficient (Wildman–Crippen LogP) is 3.98. The Bertz CT molecular complexity index is 1060. The first-order valence-corrected chi connectivity index (χ1v) is 13.1. The Morgan fingerprint density at radius 2 is 1.91 bits per heavy atom. The van der Waals surface area contributed by atoms with E-state index in [9.17, 15) is 4.57 Å². The van der Waals surface area contributed by atoms with Crippen molar-refractivity contribution in [3.63, 3.8) is 0 Å². The number of hydrogen-bond donors (Lipinski definition) is 3. The van der Waals surface area contributed by atoms with Crippen LogP contribution in [-0.2, 0) is 21.9 Å². The molecule has 9 heteroatoms. The molecule has 2 aliphatic rings. The lowest BCUT2D eigenvalue weighted by atomic mass is 9.82. The van der Waals surface area contributed by atoms with Gasteiger partial charge in [0, 0.05) is 11.6 Å². The fourth-order valence-electron chi connectivity index (χ4n) is 5.02. The number of nitrogens with two attached hydrogens (primary N) is 1. The highest BCUT2D eigenvalue weighted by atomic mass is 31.2. The monoisotopic (exact) mass is 488 g/mol. The zero-order valence-corrected chi connectivity index (χ0v) is 20.2. The molecule has 2 aromatic rings. The molecule has 3 atom stereocenters. The van der Waals surface area contributed by atoms with E-state index in [4.69, 9.17) is 29.5 Å². The molecule has 0 aromatic heterocycles. The summed E-state index contributed by atoms with van der Waals surface area (Å²) in [6.07, 6.45) is 5.29. The quantitative estimate of drug-likeness (QED) is 0.341. The summed E-state index contributed by atoms with van der Waals surface area (Å²) in [4.78, 5) is 21.7. The summed E-state index contributed by atoms with van der Waals surface area (Å²) in [6, 6.07) is 14.3. The molecular formula is C25H33N2O6P. The van der Waals surface area contributed by atoms with Gasteiger partial charge in [-0.3, -0.25) is 9.52 Å². The van der Waals surface area contributed by atoms with Crippen LogP contribution in [0.25, 0.3) is 0 Å². The van der Waals surface area contributed by atoms with Crippen molar-refractivity contribution in [2.45, 2.75) is 50.0 Å². The van der Waals surface area contributed by atoms with Gasteiger partial charge in [0.05, 0.1) is 13.2 Å². The van der Waals surface area contributed by atoms with Crippen molar-refractivity contribution in [3.8, 4) is 11.5 Å². The zero-order chi connectivity index (χ0) is 24.2. The second kappa shape index (κ2) is 10.6. The van der Waals surface area contributed by atoms with Crippen molar-refractivity contribution >= 4 is 14.5 Å². The van der Waals surface area contributed by atoms with Crippen LogP contribution >= 0.6 is 7.82 Å². The molecule has 4 rings (SSSR count). The number of benzene rings is 2. The number of rotatable bonds is 10. The Morgan fingerprint density at radius 1 is 1.12 bits per heavy atom. The summed E-state index contributed by atoms with van der Waals surface area (Å²) in [5.41, 5.74) is 9.66. The number of aliphatic imine (C=N–C) groups is 1. The Balaban J connectivity index is 1.31. The van der Waals surface area contributed by atoms with Crippen LogP contribution in [0, 0.1) is 5.92 Å². The topological polar surface area (TPSA) is 124 Å². The number of aryl methyl sites for hydroxylation is 1. The van der Waals surface area contributed by atoms with E-state index in [0.29, 0.717) is 31.1 Å². The molecule has 0 aliphatic heterocycles. The van der Waals surface area contributed by atoms with Crippen molar-refractivity contribution in [2.24, 2.45) is 16.6 Å². The fraction of sp³-hybridized carbons (Fsp3) is 0.480. The minimum atomic E-state index is -4.51. The molecular weight excluding hydrogens is 455 g/mol. The largest absolute Gasteiger partial charge is 0.493 e. The van der Waals surface area contributed by atoms with Gasteiger partial charge in [-0.1, -0.05) is 24.3 Å². The zero-order valence-electron chi connectivity index (χ0n) is 19.3. The van der Waals surface area contributed by atoms with Crippen LogP contribution in [0.4, 0.5) is 0 Å². The average Bonchev–Trinajstić information content (AvgIpc) is 3.22. The molecule has 1 saturated carbocycles. The van der Waals surface area contributed by atoms with Gasteiger partial charge < -0.3 is 25.0 Å². The molecule has 0 radical (unpaired) electrons. The molecule has 8 nitrogen and oxygen atoms in total. The summed E-state index contributed by atoms with van der Waals surface area (Å²) in [5, 5.41) is 0. The molecule has 0 saturated heterocycles. The summed E-state index contributed by atoms with van der Waals surface area (Å²) >= 11 is 0. The SMILES string of the molecule is C=NCOc1cccc(OC[C@@H]2CCc3cc([C@H]4CC[C@](N)(COP(=O)(O)O)C4)ccc3C2)c1. The molecule has 0 bridgehead atoms. The molecule has 0 heterocycles. The maximum Gasteiger partial charge on any atom is 0.469 e. The van der Waals surface area contributed by atoms with Gasteiger partial charge in [0.2, 0.25) is 0 Å². The summed E-state index contributed by atoms with van der Waals surface area (Å²) in [7, 11) is -4.51. The van der Waals surface area contributed by atoms with Gasteiger partial charge in [0.25, 0.3) is 0 Å². The molecule has 34 heavy (non-hydrogen) atoms. The summed E-state index contributed by atoms with van der Waals surface area (Å²) in [6.45, 7) is 4.17. The third kappa shape index (κ3) is 6.68. The Morgan fingerprint density at radius 3 is 2.68 bits per heavy atom. The number of fused-ring (bicyclic) bond motifs is 1. The lowest BCUT2D eigenvalue weighted by Gasteiger charge is -2.27. The van der Waals surface area contributed by atoms with E-state index >= 15 is 0 Å². The van der Waals surface area contributed by atoms with Gasteiger partial charge in [0.15, 0.2) is 6.73 Å². The van der Waals surface area contributed by atoms with Crippen LogP contribution in [-0.4, -0.2) is 42.0 Å². The maximum absolute atomic E-state index is 11.0. The first-order chi connectivity index (χ1) is 16.2. The van der Waals surface area contributed by atoms with Crippen molar-refractivity contribution in [1.82, 2.24) is 0 Å². The van der Waals surface area contributed by atoms with Gasteiger partial charge in [-0.2, -0.15) is 0 Å². The first-order valence-electron chi connectivity index (χ1n) is 11.6. The van der Waals surface area contributed by atoms with Gasteiger partial charge in [0.1, 0.15) is 11.5 Å². The van der Waals surface area contributed by atoms with Crippen molar-refractivity contribution in [2.75, 3.05) is 19.9 Å². The molecule has 2 aromatic carbocycles.